The lowest BCUT2D eigenvalue weighted by atomic mass is 9.91. The van der Waals surface area contributed by atoms with Crippen molar-refractivity contribution in [2.24, 2.45) is 0 Å². The van der Waals surface area contributed by atoms with Gasteiger partial charge in [0.25, 0.3) is 0 Å². The lowest BCUT2D eigenvalue weighted by molar-refractivity contribution is -0.160. The topological polar surface area (TPSA) is 106 Å². The van der Waals surface area contributed by atoms with Crippen LogP contribution in [0.5, 0.6) is 5.75 Å². The van der Waals surface area contributed by atoms with Crippen LogP contribution in [0.4, 0.5) is 14.6 Å². The first-order valence-electron chi connectivity index (χ1n) is 17.4. The van der Waals surface area contributed by atoms with Gasteiger partial charge in [-0.2, -0.15) is 0 Å². The number of pyridine rings is 1. The van der Waals surface area contributed by atoms with Gasteiger partial charge in [-0.25, -0.2) is 18.6 Å². The van der Waals surface area contributed by atoms with E-state index in [0.29, 0.717) is 83.9 Å². The number of piperidine rings is 1. The van der Waals surface area contributed by atoms with Crippen LogP contribution in [0.15, 0.2) is 42.6 Å². The van der Waals surface area contributed by atoms with Crippen LogP contribution in [0.25, 0.3) is 28.0 Å². The zero-order valence-electron chi connectivity index (χ0n) is 29.7. The number of benzene rings is 2. The Labute approximate surface area is 291 Å². The van der Waals surface area contributed by atoms with Crippen LogP contribution in [0, 0.1) is 18.6 Å². The first kappa shape index (κ1) is 35.8. The van der Waals surface area contributed by atoms with Crippen LogP contribution < -0.4 is 9.64 Å². The van der Waals surface area contributed by atoms with Crippen molar-refractivity contribution in [3.8, 4) is 28.1 Å². The quantitative estimate of drug-likeness (QED) is 0.222. The SMILES string of the molecule is Cc1c(C(OC(C)(C)C)C(=O)O)c2n3cc(nc3c1CO)-c1cccc(c1)-c1c(ccc(F)c1F)OC(C)CCCCOC1(C)CCN2CC1. The summed E-state index contributed by atoms with van der Waals surface area (Å²) in [7, 11) is 0. The molecular weight excluding hydrogens is 644 g/mol. The fourth-order valence-corrected chi connectivity index (χ4v) is 7.13. The third-order valence-electron chi connectivity index (χ3n) is 9.83. The van der Waals surface area contributed by atoms with Gasteiger partial charge in [0, 0.05) is 42.6 Å². The van der Waals surface area contributed by atoms with Gasteiger partial charge in [-0.05, 0) is 103 Å². The number of hydrogen-bond acceptors (Lipinski definition) is 7. The molecule has 5 heterocycles. The first-order valence-corrected chi connectivity index (χ1v) is 17.4. The minimum Gasteiger partial charge on any atom is -0.490 e. The highest BCUT2D eigenvalue weighted by Crippen LogP contribution is 2.42. The molecule has 2 N–H and O–H groups in total. The smallest absolute Gasteiger partial charge is 0.337 e. The second-order valence-corrected chi connectivity index (χ2v) is 14.8. The van der Waals surface area contributed by atoms with Gasteiger partial charge in [0.1, 0.15) is 17.2 Å². The van der Waals surface area contributed by atoms with Crippen LogP contribution >= 0.6 is 0 Å². The summed E-state index contributed by atoms with van der Waals surface area (Å²) >= 11 is 0. The van der Waals surface area contributed by atoms with Crippen molar-refractivity contribution in [3.63, 3.8) is 0 Å². The van der Waals surface area contributed by atoms with E-state index in [9.17, 15) is 19.4 Å². The fraction of sp³-hybridized carbons (Fsp3) is 0.487. The Bertz CT molecular complexity index is 1890. The van der Waals surface area contributed by atoms with E-state index in [4.69, 9.17) is 19.2 Å². The number of aliphatic hydroxyl groups is 1. The van der Waals surface area contributed by atoms with E-state index in [0.717, 1.165) is 18.9 Å². The number of carbonyl (C=O) groups is 1. The van der Waals surface area contributed by atoms with Gasteiger partial charge >= 0.3 is 5.97 Å². The molecule has 2 aromatic carbocycles. The maximum absolute atomic E-state index is 15.6. The minimum atomic E-state index is -1.33. The highest BCUT2D eigenvalue weighted by Gasteiger charge is 2.38. The maximum Gasteiger partial charge on any atom is 0.337 e. The van der Waals surface area contributed by atoms with Gasteiger partial charge in [0.2, 0.25) is 0 Å². The first-order chi connectivity index (χ1) is 23.7. The number of ether oxygens (including phenoxy) is 3. The van der Waals surface area contributed by atoms with Crippen molar-refractivity contribution < 1.29 is 38.0 Å². The van der Waals surface area contributed by atoms with E-state index in [-0.39, 0.29) is 29.6 Å². The van der Waals surface area contributed by atoms with Crippen molar-refractivity contribution in [2.45, 2.75) is 104 Å². The molecule has 0 radical (unpaired) electrons. The fourth-order valence-electron chi connectivity index (χ4n) is 7.13. The molecule has 0 spiro atoms. The van der Waals surface area contributed by atoms with Crippen molar-refractivity contribution in [2.75, 3.05) is 24.6 Å². The molecule has 7 rings (SSSR count). The van der Waals surface area contributed by atoms with Crippen LogP contribution in [0.1, 0.15) is 89.5 Å². The number of aliphatic carboxylic acids is 1. The zero-order chi connectivity index (χ0) is 36.0. The van der Waals surface area contributed by atoms with E-state index in [1.165, 1.54) is 6.07 Å². The molecule has 2 atom stereocenters. The number of imidazole rings is 1. The largest absolute Gasteiger partial charge is 0.490 e. The van der Waals surface area contributed by atoms with Crippen molar-refractivity contribution in [3.05, 3.63) is 70.9 Å². The Hall–Kier alpha value is -4.06. The molecular formula is C39H47F2N3O6. The van der Waals surface area contributed by atoms with Crippen LogP contribution in [0.3, 0.4) is 0 Å². The molecule has 11 heteroatoms. The monoisotopic (exact) mass is 691 g/mol. The van der Waals surface area contributed by atoms with Gasteiger partial charge in [0.15, 0.2) is 17.7 Å². The molecule has 1 fully saturated rings. The summed E-state index contributed by atoms with van der Waals surface area (Å²) in [4.78, 5) is 20.1. The van der Waals surface area contributed by atoms with Gasteiger partial charge in [-0.15, -0.1) is 0 Å². The molecule has 268 valence electrons. The molecule has 0 aliphatic carbocycles. The van der Waals surface area contributed by atoms with Crippen LogP contribution in [-0.4, -0.2) is 62.6 Å². The van der Waals surface area contributed by atoms with E-state index < -0.39 is 29.3 Å². The molecule has 0 saturated carbocycles. The molecule has 2 unspecified atom stereocenters. The Balaban J connectivity index is 1.60. The number of carboxylic acids is 1. The maximum atomic E-state index is 15.6. The zero-order valence-corrected chi connectivity index (χ0v) is 29.7. The molecule has 9 nitrogen and oxygen atoms in total. The predicted molar refractivity (Wildman–Crippen MR) is 188 cm³/mol. The molecule has 3 aliphatic rings. The number of nitrogens with zero attached hydrogens (tertiary/aromatic N) is 3. The Morgan fingerprint density at radius 3 is 2.54 bits per heavy atom. The molecule has 50 heavy (non-hydrogen) atoms. The summed E-state index contributed by atoms with van der Waals surface area (Å²) in [6.45, 7) is 12.6. The third kappa shape index (κ3) is 7.08. The standard InChI is InChI=1S/C39H47F2N3O6/c1-23-10-7-8-19-48-39(6)15-17-43(18-16-39)36-31(34(37(46)47)50-38(3,4)5)24(2)27(22-45)35-42-29(21-44(35)36)25-11-9-12-26(20-25)32-30(49-23)14-13-28(40)33(32)41/h9,11-14,20-21,23,34,45H,7-8,10,15-19,22H2,1-6H3,(H,46,47). The number of aromatic nitrogens is 2. The highest BCUT2D eigenvalue weighted by molar-refractivity contribution is 5.82. The van der Waals surface area contributed by atoms with Gasteiger partial charge < -0.3 is 29.3 Å². The van der Waals surface area contributed by atoms with Gasteiger partial charge in [-0.1, -0.05) is 18.2 Å². The van der Waals surface area contributed by atoms with Gasteiger partial charge in [0.05, 0.1) is 35.2 Å². The Morgan fingerprint density at radius 2 is 1.86 bits per heavy atom. The van der Waals surface area contributed by atoms with E-state index in [1.807, 2.05) is 44.4 Å². The lowest BCUT2D eigenvalue weighted by Gasteiger charge is -2.42. The van der Waals surface area contributed by atoms with Crippen LogP contribution in [-0.2, 0) is 20.9 Å². The van der Waals surface area contributed by atoms with Gasteiger partial charge in [-0.3, -0.25) is 4.40 Å². The summed E-state index contributed by atoms with van der Waals surface area (Å²) in [6, 6.07) is 9.58. The molecule has 0 amide bonds. The van der Waals surface area contributed by atoms with Crippen LogP contribution in [0.2, 0.25) is 0 Å². The Kier molecular flexibility index (Phi) is 9.96. The minimum absolute atomic E-state index is 0.0232. The number of carboxylic acid groups (broad SMARTS) is 1. The number of halogens is 2. The van der Waals surface area contributed by atoms with E-state index in [2.05, 4.69) is 11.8 Å². The molecule has 4 aromatic rings. The summed E-state index contributed by atoms with van der Waals surface area (Å²) in [5.41, 5.74) is 2.39. The molecule has 2 aromatic heterocycles. The average Bonchev–Trinajstić information content (AvgIpc) is 3.50. The predicted octanol–water partition coefficient (Wildman–Crippen LogP) is 8.01. The molecule has 1 saturated heterocycles. The Morgan fingerprint density at radius 1 is 1.14 bits per heavy atom. The van der Waals surface area contributed by atoms with E-state index >= 15 is 4.39 Å². The number of fused-ring (bicyclic) bond motifs is 8. The lowest BCUT2D eigenvalue weighted by Crippen LogP contribution is -2.45. The second kappa shape index (κ2) is 13.9. The molecule has 6 bridgehead atoms. The second-order valence-electron chi connectivity index (χ2n) is 14.8. The van der Waals surface area contributed by atoms with Crippen molar-refractivity contribution in [1.82, 2.24) is 9.38 Å². The summed E-state index contributed by atoms with van der Waals surface area (Å²) < 4.78 is 51.0. The number of anilines is 1. The number of aliphatic hydroxyl groups excluding tert-OH is 1. The summed E-state index contributed by atoms with van der Waals surface area (Å²) in [6.07, 6.45) is 4.03. The number of rotatable bonds is 4. The number of hydrogen-bond donors (Lipinski definition) is 2. The summed E-state index contributed by atoms with van der Waals surface area (Å²) in [5.74, 6) is -2.25. The average molecular weight is 692 g/mol. The van der Waals surface area contributed by atoms with Crippen molar-refractivity contribution >= 4 is 17.4 Å². The normalized spacial score (nSPS) is 20.8. The molecule has 3 aliphatic heterocycles. The van der Waals surface area contributed by atoms with E-state index in [1.54, 1.807) is 25.1 Å². The third-order valence-corrected chi connectivity index (χ3v) is 9.83. The van der Waals surface area contributed by atoms with Crippen molar-refractivity contribution in [1.29, 1.82) is 0 Å². The summed E-state index contributed by atoms with van der Waals surface area (Å²) in [5, 5.41) is 21.3. The highest BCUT2D eigenvalue weighted by atomic mass is 19.2.